The van der Waals surface area contributed by atoms with Gasteiger partial charge in [-0.3, -0.25) is 14.8 Å². The smallest absolute Gasteiger partial charge is 0.402 e. The second-order valence-corrected chi connectivity index (χ2v) is 6.44. The lowest BCUT2D eigenvalue weighted by atomic mass is 10.1. The number of nitrogens with zero attached hydrogens (tertiary/aromatic N) is 1. The van der Waals surface area contributed by atoms with Crippen LogP contribution >= 0.6 is 7.82 Å². The summed E-state index contributed by atoms with van der Waals surface area (Å²) >= 11 is 0. The summed E-state index contributed by atoms with van der Waals surface area (Å²) in [4.78, 5) is 22.2. The van der Waals surface area contributed by atoms with Gasteiger partial charge in [0, 0.05) is 6.20 Å². The third-order valence-corrected chi connectivity index (χ3v) is 3.42. The third-order valence-electron chi connectivity index (χ3n) is 2.98. The van der Waals surface area contributed by atoms with E-state index in [9.17, 15) is 8.96 Å². The predicted octanol–water partition coefficient (Wildman–Crippen LogP) is 3.99. The zero-order chi connectivity index (χ0) is 17.0. The summed E-state index contributed by atoms with van der Waals surface area (Å²) in [5.74, 6) is -0.363. The van der Waals surface area contributed by atoms with Crippen LogP contribution in [0.3, 0.4) is 0 Å². The van der Waals surface area contributed by atoms with Crippen molar-refractivity contribution >= 4 is 20.0 Å². The molecule has 122 valence electrons. The number of aromatic nitrogens is 1. The van der Waals surface area contributed by atoms with Crippen molar-refractivity contribution < 1.29 is 23.3 Å². The first-order valence-corrected chi connectivity index (χ1v) is 8.46. The van der Waals surface area contributed by atoms with Crippen LogP contribution in [0.5, 0.6) is 5.75 Å². The average Bonchev–Trinajstić information content (AvgIpc) is 2.43. The Hall–Kier alpha value is -2.01. The van der Waals surface area contributed by atoms with E-state index in [0.29, 0.717) is 16.8 Å². The minimum atomic E-state index is -4.67. The molecule has 0 amide bonds. The highest BCUT2D eigenvalue weighted by Gasteiger charge is 2.20. The van der Waals surface area contributed by atoms with Crippen molar-refractivity contribution in [2.75, 3.05) is 0 Å². The largest absolute Gasteiger partial charge is 0.524 e. The molecule has 0 fully saturated rings. The Balaban J connectivity index is 2.33. The molecule has 0 unspecified atom stereocenters. The number of hydrogen-bond acceptors (Lipinski definition) is 3. The first-order valence-electron chi connectivity index (χ1n) is 6.93. The summed E-state index contributed by atoms with van der Waals surface area (Å²) in [7, 11) is -4.67. The van der Waals surface area contributed by atoms with Crippen LogP contribution in [-0.4, -0.2) is 14.8 Å². The van der Waals surface area contributed by atoms with Crippen LogP contribution in [0.15, 0.2) is 36.5 Å². The molecule has 0 bridgehead atoms. The Labute approximate surface area is 133 Å². The van der Waals surface area contributed by atoms with Crippen LogP contribution in [0.1, 0.15) is 36.6 Å². The van der Waals surface area contributed by atoms with Crippen molar-refractivity contribution in [3.8, 4) is 5.75 Å². The van der Waals surface area contributed by atoms with E-state index < -0.39 is 7.82 Å². The SMILES string of the molecule is CC(C)c1ncc(/C=C/c2cccc(F)c2)cc1OP(=O)(O)O. The molecular formula is C16H17FNO4P. The highest BCUT2D eigenvalue weighted by molar-refractivity contribution is 7.46. The van der Waals surface area contributed by atoms with Crippen LogP contribution in [-0.2, 0) is 4.57 Å². The highest BCUT2D eigenvalue weighted by atomic mass is 31.2. The third kappa shape index (κ3) is 5.28. The molecule has 0 aliphatic rings. The van der Waals surface area contributed by atoms with Gasteiger partial charge in [-0.25, -0.2) is 8.96 Å². The molecule has 1 aromatic heterocycles. The van der Waals surface area contributed by atoms with Crippen LogP contribution in [0.4, 0.5) is 4.39 Å². The quantitative estimate of drug-likeness (QED) is 0.807. The summed E-state index contributed by atoms with van der Waals surface area (Å²) in [6.07, 6.45) is 4.91. The summed E-state index contributed by atoms with van der Waals surface area (Å²) in [5.41, 5.74) is 1.70. The molecule has 2 rings (SSSR count). The van der Waals surface area contributed by atoms with Gasteiger partial charge >= 0.3 is 7.82 Å². The molecule has 0 spiro atoms. The standard InChI is InChI=1S/C16H17FNO4P/c1-11(2)16-15(22-23(19,20)21)9-13(10-18-16)7-6-12-4-3-5-14(17)8-12/h3-11H,1-2H3,(H2,19,20,21)/b7-6+. The van der Waals surface area contributed by atoms with Gasteiger partial charge in [0.05, 0.1) is 5.69 Å². The van der Waals surface area contributed by atoms with E-state index in [-0.39, 0.29) is 17.5 Å². The molecule has 0 atom stereocenters. The van der Waals surface area contributed by atoms with E-state index in [0.717, 1.165) is 0 Å². The monoisotopic (exact) mass is 337 g/mol. The van der Waals surface area contributed by atoms with Crippen LogP contribution in [0.25, 0.3) is 12.2 Å². The molecule has 2 N–H and O–H groups in total. The number of rotatable bonds is 5. The molecule has 0 aliphatic heterocycles. The Bertz CT molecular complexity index is 770. The molecule has 1 aromatic carbocycles. The van der Waals surface area contributed by atoms with E-state index in [2.05, 4.69) is 4.98 Å². The number of phosphoric ester groups is 1. The van der Waals surface area contributed by atoms with Crippen molar-refractivity contribution in [3.63, 3.8) is 0 Å². The van der Waals surface area contributed by atoms with Gasteiger partial charge in [0.15, 0.2) is 5.75 Å². The fourth-order valence-corrected chi connectivity index (χ4v) is 2.40. The second kappa shape index (κ2) is 7.04. The van der Waals surface area contributed by atoms with Gasteiger partial charge in [-0.15, -0.1) is 0 Å². The van der Waals surface area contributed by atoms with Gasteiger partial charge < -0.3 is 4.52 Å². The van der Waals surface area contributed by atoms with E-state index in [4.69, 9.17) is 14.3 Å². The van der Waals surface area contributed by atoms with Gasteiger partial charge in [-0.05, 0) is 35.2 Å². The van der Waals surface area contributed by atoms with Crippen LogP contribution < -0.4 is 4.52 Å². The van der Waals surface area contributed by atoms with Gasteiger partial charge in [0.1, 0.15) is 5.82 Å². The van der Waals surface area contributed by atoms with Crippen molar-refractivity contribution in [2.24, 2.45) is 0 Å². The molecule has 0 saturated heterocycles. The lowest BCUT2D eigenvalue weighted by Crippen LogP contribution is -2.00. The van der Waals surface area contributed by atoms with Crippen LogP contribution in [0, 0.1) is 5.82 Å². The summed E-state index contributed by atoms with van der Waals surface area (Å²) in [6.45, 7) is 3.69. The number of phosphoric acid groups is 1. The minimum absolute atomic E-state index is 0.0368. The molecular weight excluding hydrogens is 320 g/mol. The average molecular weight is 337 g/mol. The van der Waals surface area contributed by atoms with Gasteiger partial charge in [0.25, 0.3) is 0 Å². The molecule has 5 nitrogen and oxygen atoms in total. The van der Waals surface area contributed by atoms with Crippen LogP contribution in [0.2, 0.25) is 0 Å². The zero-order valence-corrected chi connectivity index (χ0v) is 13.6. The maximum absolute atomic E-state index is 13.1. The van der Waals surface area contributed by atoms with Gasteiger partial charge in [-0.2, -0.15) is 0 Å². The maximum Gasteiger partial charge on any atom is 0.524 e. The highest BCUT2D eigenvalue weighted by Crippen LogP contribution is 2.40. The fraction of sp³-hybridized carbons (Fsp3) is 0.188. The fourth-order valence-electron chi connectivity index (χ4n) is 2.00. The molecule has 7 heteroatoms. The summed E-state index contributed by atoms with van der Waals surface area (Å²) < 4.78 is 28.9. The molecule has 0 saturated carbocycles. The van der Waals surface area contributed by atoms with Gasteiger partial charge in [-0.1, -0.05) is 38.1 Å². The topological polar surface area (TPSA) is 79.7 Å². The lowest BCUT2D eigenvalue weighted by Gasteiger charge is -2.13. The Morgan fingerprint density at radius 2 is 1.91 bits per heavy atom. The molecule has 0 aliphatic carbocycles. The van der Waals surface area contributed by atoms with Crippen molar-refractivity contribution in [1.82, 2.24) is 4.98 Å². The van der Waals surface area contributed by atoms with Gasteiger partial charge in [0.2, 0.25) is 0 Å². The number of hydrogen-bond donors (Lipinski definition) is 2. The Morgan fingerprint density at radius 3 is 2.52 bits per heavy atom. The van der Waals surface area contributed by atoms with Crippen molar-refractivity contribution in [1.29, 1.82) is 0 Å². The second-order valence-electron chi connectivity index (χ2n) is 5.28. The predicted molar refractivity (Wildman–Crippen MR) is 86.3 cm³/mol. The van der Waals surface area contributed by atoms with Crippen molar-refractivity contribution in [3.05, 3.63) is 59.2 Å². The summed E-state index contributed by atoms with van der Waals surface area (Å²) in [6, 6.07) is 7.55. The molecule has 2 aromatic rings. The zero-order valence-electron chi connectivity index (χ0n) is 12.7. The lowest BCUT2D eigenvalue weighted by molar-refractivity contribution is 0.281. The van der Waals surface area contributed by atoms with E-state index >= 15 is 0 Å². The first kappa shape index (κ1) is 17.3. The van der Waals surface area contributed by atoms with E-state index in [1.807, 2.05) is 13.8 Å². The Morgan fingerprint density at radius 1 is 1.22 bits per heavy atom. The normalized spacial score (nSPS) is 12.1. The first-order chi connectivity index (χ1) is 10.7. The number of benzene rings is 1. The number of pyridine rings is 1. The minimum Gasteiger partial charge on any atom is -0.402 e. The summed E-state index contributed by atoms with van der Waals surface area (Å²) in [5, 5.41) is 0. The Kier molecular flexibility index (Phi) is 5.31. The van der Waals surface area contributed by atoms with E-state index in [1.165, 1.54) is 18.2 Å². The molecule has 23 heavy (non-hydrogen) atoms. The number of halogens is 1. The van der Waals surface area contributed by atoms with E-state index in [1.54, 1.807) is 30.5 Å². The maximum atomic E-state index is 13.1. The molecule has 1 heterocycles. The molecule has 0 radical (unpaired) electrons. The van der Waals surface area contributed by atoms with Crippen molar-refractivity contribution in [2.45, 2.75) is 19.8 Å².